The maximum Gasteiger partial charge on any atom is 0.230 e. The molecule has 0 aliphatic carbocycles. The summed E-state index contributed by atoms with van der Waals surface area (Å²) in [4.78, 5) is 16.3. The molecule has 1 heterocycles. The van der Waals surface area contributed by atoms with Crippen LogP contribution >= 0.6 is 11.3 Å². The summed E-state index contributed by atoms with van der Waals surface area (Å²) in [5.74, 6) is -0.777. The molecule has 0 fully saturated rings. The molecule has 5 nitrogen and oxygen atoms in total. The second-order valence-electron chi connectivity index (χ2n) is 5.84. The van der Waals surface area contributed by atoms with Crippen LogP contribution in [0, 0.1) is 0 Å². The zero-order valence-corrected chi connectivity index (χ0v) is 15.7. The number of aliphatic hydroxyl groups is 1. The first-order valence-corrected chi connectivity index (χ1v) is 9.34. The van der Waals surface area contributed by atoms with Crippen molar-refractivity contribution >= 4 is 28.1 Å². The maximum absolute atomic E-state index is 12.5. The quantitative estimate of drug-likeness (QED) is 0.495. The molecule has 0 saturated heterocycles. The highest BCUT2D eigenvalue weighted by atomic mass is 32.1. The van der Waals surface area contributed by atoms with Gasteiger partial charge in [-0.05, 0) is 42.4 Å². The molecule has 2 aromatic carbocycles. The number of thiazole rings is 1. The first kappa shape index (κ1) is 11.3. The van der Waals surface area contributed by atoms with E-state index < -0.39 is 73.0 Å². The number of aromatic nitrogens is 1. The van der Waals surface area contributed by atoms with Gasteiger partial charge in [-0.2, -0.15) is 0 Å². The average Bonchev–Trinajstić information content (AvgIpc) is 3.15. The zero-order chi connectivity index (χ0) is 27.7. The van der Waals surface area contributed by atoms with Crippen molar-refractivity contribution in [3.05, 3.63) is 76.7 Å². The highest BCUT2D eigenvalue weighted by molar-refractivity contribution is 7.13. The molecule has 0 radical (unpaired) electrons. The number of hydrogen-bond donors (Lipinski definition) is 3. The molecule has 0 spiro atoms. The number of nitrogens with two attached hydrogens (primary N) is 1. The summed E-state index contributed by atoms with van der Waals surface area (Å²) in [6.45, 7) is 0. The van der Waals surface area contributed by atoms with Crippen LogP contribution in [-0.4, -0.2) is 16.0 Å². The van der Waals surface area contributed by atoms with Gasteiger partial charge in [-0.1, -0.05) is 48.8 Å². The Kier molecular flexibility index (Phi) is 4.05. The lowest BCUT2D eigenvalue weighted by molar-refractivity contribution is -0.115. The molecule has 6 heteroatoms. The van der Waals surface area contributed by atoms with Gasteiger partial charge in [0.15, 0.2) is 5.13 Å². The Morgan fingerprint density at radius 2 is 2.04 bits per heavy atom. The fourth-order valence-corrected chi connectivity index (χ4v) is 2.84. The SMILES string of the molecule is [2H]c1sc(N)nc1CC(=O)Nc1c([2H])c([2H])c(C([2H])([2H])C([2H])([2H])CC[C@H](O)c2ccccc2)c([2H])c1[2H]. The summed E-state index contributed by atoms with van der Waals surface area (Å²) >= 11 is 0.866. The Balaban J connectivity index is 1.87. The monoisotopic (exact) mass is 404 g/mol. The normalized spacial score (nSPS) is 17.5. The molecule has 4 N–H and O–H groups in total. The zero-order valence-electron chi connectivity index (χ0n) is 23.9. The standard InChI is InChI=1S/C22H25N3O2S/c23-22-25-19(15-28-22)14-21(27)24-18-12-10-16(11-13-18)6-4-5-9-20(26)17-7-2-1-3-8-17/h1-3,7-8,10-13,15,20,26H,4-6,9,14H2,(H2,23,25)(H,24,27)/t20-/m0/s1/i4D2,6D2,10D,11D,12D,13D,15D. The molecule has 0 bridgehead atoms. The molecule has 1 atom stereocenters. The minimum Gasteiger partial charge on any atom is -0.388 e. The van der Waals surface area contributed by atoms with Crippen LogP contribution in [0.5, 0.6) is 0 Å². The summed E-state index contributed by atoms with van der Waals surface area (Å²) in [5.41, 5.74) is 4.83. The van der Waals surface area contributed by atoms with Crippen molar-refractivity contribution in [1.82, 2.24) is 4.98 Å². The van der Waals surface area contributed by atoms with E-state index in [1.165, 1.54) is 0 Å². The van der Waals surface area contributed by atoms with Gasteiger partial charge in [-0.15, -0.1) is 11.3 Å². The minimum atomic E-state index is -2.97. The molecule has 0 aliphatic rings. The number of aliphatic hydroxyl groups excluding tert-OH is 1. The van der Waals surface area contributed by atoms with Gasteiger partial charge in [-0.3, -0.25) is 4.79 Å². The summed E-state index contributed by atoms with van der Waals surface area (Å²) < 4.78 is 74.5. The van der Waals surface area contributed by atoms with Crippen LogP contribution < -0.4 is 11.1 Å². The van der Waals surface area contributed by atoms with Crippen LogP contribution in [0.3, 0.4) is 0 Å². The third-order valence-corrected chi connectivity index (χ3v) is 4.31. The van der Waals surface area contributed by atoms with E-state index in [4.69, 9.17) is 18.1 Å². The van der Waals surface area contributed by atoms with Gasteiger partial charge in [0.25, 0.3) is 0 Å². The summed E-state index contributed by atoms with van der Waals surface area (Å²) in [6, 6.07) is 5.28. The number of nitrogens with zero attached hydrogens (tertiary/aromatic N) is 1. The highest BCUT2D eigenvalue weighted by Crippen LogP contribution is 2.20. The number of nitrogen functional groups attached to an aromatic ring is 1. The van der Waals surface area contributed by atoms with E-state index >= 15 is 0 Å². The topological polar surface area (TPSA) is 88.2 Å². The Bertz CT molecular complexity index is 1270. The van der Waals surface area contributed by atoms with Crippen molar-refractivity contribution in [1.29, 1.82) is 0 Å². The number of amides is 1. The van der Waals surface area contributed by atoms with Crippen molar-refractivity contribution < 1.29 is 22.2 Å². The summed E-state index contributed by atoms with van der Waals surface area (Å²) in [5, 5.41) is 12.7. The number of carbonyl (C=O) groups is 1. The molecule has 0 aliphatic heterocycles. The Morgan fingerprint density at radius 3 is 2.71 bits per heavy atom. The predicted octanol–water partition coefficient (Wildman–Crippen LogP) is 4.35. The lowest BCUT2D eigenvalue weighted by Crippen LogP contribution is -2.14. The van der Waals surface area contributed by atoms with Gasteiger partial charge >= 0.3 is 0 Å². The number of benzene rings is 2. The minimum absolute atomic E-state index is 0.0321. The molecular formula is C22H25N3O2S. The molecule has 28 heavy (non-hydrogen) atoms. The smallest absolute Gasteiger partial charge is 0.230 e. The number of carbonyl (C=O) groups excluding carboxylic acids is 1. The van der Waals surface area contributed by atoms with Crippen LogP contribution in [0.15, 0.2) is 59.9 Å². The van der Waals surface area contributed by atoms with E-state index in [1.807, 2.05) is 0 Å². The molecule has 3 aromatic rings. The maximum atomic E-state index is 12.5. The van der Waals surface area contributed by atoms with E-state index in [0.717, 1.165) is 11.3 Å². The molecule has 1 amide bonds. The molecule has 1 aromatic heterocycles. The molecule has 146 valence electrons. The van der Waals surface area contributed by atoms with Gasteiger partial charge in [-0.25, -0.2) is 4.98 Å². The van der Waals surface area contributed by atoms with Crippen LogP contribution in [0.25, 0.3) is 0 Å². The fraction of sp³-hybridized carbons (Fsp3) is 0.273. The summed E-state index contributed by atoms with van der Waals surface area (Å²) in [6.07, 6.45) is -7.73. The van der Waals surface area contributed by atoms with Gasteiger partial charge in [0.05, 0.1) is 25.1 Å². The Morgan fingerprint density at radius 1 is 1.29 bits per heavy atom. The molecule has 0 unspecified atom stereocenters. The number of anilines is 2. The van der Waals surface area contributed by atoms with Gasteiger partial charge in [0.2, 0.25) is 5.91 Å². The third-order valence-electron chi connectivity index (χ3n) is 3.68. The first-order valence-electron chi connectivity index (χ1n) is 13.0. The van der Waals surface area contributed by atoms with Gasteiger partial charge < -0.3 is 16.2 Å². The van der Waals surface area contributed by atoms with E-state index in [9.17, 15) is 9.90 Å². The lowest BCUT2D eigenvalue weighted by atomic mass is 10.0. The predicted molar refractivity (Wildman–Crippen MR) is 114 cm³/mol. The van der Waals surface area contributed by atoms with E-state index in [0.29, 0.717) is 5.56 Å². The van der Waals surface area contributed by atoms with Crippen molar-refractivity contribution in [3.63, 3.8) is 0 Å². The number of rotatable bonds is 9. The van der Waals surface area contributed by atoms with Gasteiger partial charge in [0, 0.05) is 16.5 Å². The van der Waals surface area contributed by atoms with Crippen molar-refractivity contribution in [3.8, 4) is 0 Å². The van der Waals surface area contributed by atoms with Crippen LogP contribution in [-0.2, 0) is 17.6 Å². The molecular weight excluding hydrogens is 370 g/mol. The summed E-state index contributed by atoms with van der Waals surface area (Å²) in [7, 11) is 0. The second kappa shape index (κ2) is 10.0. The first-order chi connectivity index (χ1) is 17.2. The Hall–Kier alpha value is -2.70. The van der Waals surface area contributed by atoms with Crippen molar-refractivity contribution in [2.75, 3.05) is 11.1 Å². The van der Waals surface area contributed by atoms with E-state index in [2.05, 4.69) is 10.3 Å². The molecule has 0 saturated carbocycles. The highest BCUT2D eigenvalue weighted by Gasteiger charge is 2.08. The fourth-order valence-electron chi connectivity index (χ4n) is 2.34. The largest absolute Gasteiger partial charge is 0.388 e. The number of hydrogen-bond acceptors (Lipinski definition) is 5. The second-order valence-corrected chi connectivity index (χ2v) is 6.67. The van der Waals surface area contributed by atoms with Crippen LogP contribution in [0.1, 0.15) is 54.5 Å². The molecule has 3 rings (SSSR count). The number of nitrogens with one attached hydrogen (secondary N) is 1. The Labute approximate surface area is 181 Å². The van der Waals surface area contributed by atoms with Crippen molar-refractivity contribution in [2.24, 2.45) is 0 Å². The third kappa shape index (κ3) is 6.18. The van der Waals surface area contributed by atoms with E-state index in [-0.39, 0.29) is 22.6 Å². The van der Waals surface area contributed by atoms with E-state index in [1.54, 1.807) is 30.3 Å². The van der Waals surface area contributed by atoms with Crippen LogP contribution in [0.2, 0.25) is 0 Å². The van der Waals surface area contributed by atoms with Gasteiger partial charge in [0.1, 0.15) is 0 Å². The lowest BCUT2D eigenvalue weighted by Gasteiger charge is -2.10. The average molecular weight is 405 g/mol. The van der Waals surface area contributed by atoms with Crippen LogP contribution in [0.4, 0.5) is 10.8 Å². The van der Waals surface area contributed by atoms with Crippen molar-refractivity contribution in [2.45, 2.75) is 38.1 Å².